The van der Waals surface area contributed by atoms with Crippen LogP contribution in [0.25, 0.3) is 20.8 Å². The Balaban J connectivity index is 1.42. The fourth-order valence-electron chi connectivity index (χ4n) is 5.21. The van der Waals surface area contributed by atoms with E-state index in [0.717, 1.165) is 21.7 Å². The first-order valence-electron chi connectivity index (χ1n) is 11.8. The van der Waals surface area contributed by atoms with E-state index in [4.69, 9.17) is 4.98 Å². The fraction of sp³-hybridized carbons (Fsp3) is 0.417. The standard InChI is InChI=1S/C24H23F3N6O3S2/c1-9-15(21-31-16-10(2)28-5-3-14(16)38-21)20(30-13-7-12-18(34)23(12,36)19(13)35)33-22(29-9)32-17(24(25,26)27)11-4-6-37-8-11/h3-6,8,12-13,17-19,34-36H,7H2,1-2H3,(H2,29,30,32,33)/t12-,13-,17+,18?,19+,23+/m1/s1. The molecule has 2 saturated carbocycles. The lowest BCUT2D eigenvalue weighted by molar-refractivity contribution is -0.144. The number of nitrogens with one attached hydrogen (secondary N) is 2. The van der Waals surface area contributed by atoms with Crippen LogP contribution in [-0.4, -0.2) is 65.3 Å². The number of hydrogen-bond donors (Lipinski definition) is 5. The van der Waals surface area contributed by atoms with Crippen molar-refractivity contribution in [2.24, 2.45) is 5.92 Å². The number of thiophene rings is 1. The molecule has 2 aliphatic carbocycles. The summed E-state index contributed by atoms with van der Waals surface area (Å²) in [5.41, 5.74) is 0.684. The molecule has 6 atom stereocenters. The van der Waals surface area contributed by atoms with Gasteiger partial charge in [-0.1, -0.05) is 0 Å². The van der Waals surface area contributed by atoms with Crippen molar-refractivity contribution in [2.75, 3.05) is 10.6 Å². The van der Waals surface area contributed by atoms with Crippen LogP contribution in [0.2, 0.25) is 0 Å². The third-order valence-corrected chi connectivity index (χ3v) is 9.04. The highest BCUT2D eigenvalue weighted by atomic mass is 32.1. The van der Waals surface area contributed by atoms with Crippen molar-refractivity contribution < 1.29 is 28.5 Å². The van der Waals surface area contributed by atoms with Crippen LogP contribution in [0.1, 0.15) is 29.4 Å². The molecule has 14 heteroatoms. The number of aryl methyl sites for hydroxylation is 2. The van der Waals surface area contributed by atoms with Crippen molar-refractivity contribution in [3.63, 3.8) is 0 Å². The maximum atomic E-state index is 13.9. The number of aromatic nitrogens is 4. The highest BCUT2D eigenvalue weighted by Crippen LogP contribution is 2.56. The Morgan fingerprint density at radius 3 is 2.53 bits per heavy atom. The summed E-state index contributed by atoms with van der Waals surface area (Å²) in [5.74, 6) is -0.583. The minimum Gasteiger partial charge on any atom is -0.390 e. The largest absolute Gasteiger partial charge is 0.412 e. The zero-order chi connectivity index (χ0) is 27.0. The highest BCUT2D eigenvalue weighted by Gasteiger charge is 2.74. The predicted octanol–water partition coefficient (Wildman–Crippen LogP) is 3.81. The van der Waals surface area contributed by atoms with Crippen LogP contribution >= 0.6 is 22.7 Å². The van der Waals surface area contributed by atoms with Gasteiger partial charge in [0.1, 0.15) is 28.0 Å². The molecular formula is C24H23F3N6O3S2. The van der Waals surface area contributed by atoms with Crippen LogP contribution < -0.4 is 10.6 Å². The molecule has 38 heavy (non-hydrogen) atoms. The zero-order valence-corrected chi connectivity index (χ0v) is 21.7. The lowest BCUT2D eigenvalue weighted by Gasteiger charge is -2.26. The summed E-state index contributed by atoms with van der Waals surface area (Å²) in [6.45, 7) is 3.48. The third-order valence-electron chi connectivity index (χ3n) is 7.30. The Kier molecular flexibility index (Phi) is 5.88. The lowest BCUT2D eigenvalue weighted by atomic mass is 10.1. The molecule has 2 fully saturated rings. The molecule has 0 radical (unpaired) electrons. The average Bonchev–Trinajstić information content (AvgIpc) is 3.37. The van der Waals surface area contributed by atoms with E-state index in [1.165, 1.54) is 22.8 Å². The first-order valence-corrected chi connectivity index (χ1v) is 13.6. The second-order valence-corrected chi connectivity index (χ2v) is 11.5. The molecule has 0 bridgehead atoms. The Morgan fingerprint density at radius 1 is 1.11 bits per heavy atom. The highest BCUT2D eigenvalue weighted by molar-refractivity contribution is 7.21. The average molecular weight is 565 g/mol. The summed E-state index contributed by atoms with van der Waals surface area (Å²) in [4.78, 5) is 17.7. The minimum atomic E-state index is -4.61. The molecule has 0 amide bonds. The van der Waals surface area contributed by atoms with Crippen molar-refractivity contribution in [1.82, 2.24) is 19.9 Å². The van der Waals surface area contributed by atoms with Gasteiger partial charge >= 0.3 is 6.18 Å². The molecule has 9 nitrogen and oxygen atoms in total. The molecule has 0 aromatic carbocycles. The quantitative estimate of drug-likeness (QED) is 0.237. The van der Waals surface area contributed by atoms with Crippen molar-refractivity contribution in [3.05, 3.63) is 46.0 Å². The van der Waals surface area contributed by atoms with Gasteiger partial charge in [-0.05, 0) is 48.7 Å². The van der Waals surface area contributed by atoms with Crippen molar-refractivity contribution in [2.45, 2.75) is 56.3 Å². The van der Waals surface area contributed by atoms with Gasteiger partial charge in [-0.25, -0.2) is 9.97 Å². The van der Waals surface area contributed by atoms with E-state index >= 15 is 0 Å². The molecule has 4 heterocycles. The number of aliphatic hydroxyl groups is 3. The van der Waals surface area contributed by atoms with Crippen LogP contribution in [-0.2, 0) is 0 Å². The number of pyridine rings is 1. The molecule has 4 aromatic rings. The summed E-state index contributed by atoms with van der Waals surface area (Å²) in [7, 11) is 0. The van der Waals surface area contributed by atoms with Gasteiger partial charge in [-0.3, -0.25) is 4.98 Å². The number of aliphatic hydroxyl groups excluding tert-OH is 2. The first kappa shape index (κ1) is 25.4. The van der Waals surface area contributed by atoms with E-state index in [1.807, 2.05) is 13.0 Å². The van der Waals surface area contributed by atoms with Crippen LogP contribution in [0.4, 0.5) is 24.9 Å². The normalized spacial score (nSPS) is 27.4. The van der Waals surface area contributed by atoms with Gasteiger partial charge < -0.3 is 26.0 Å². The molecule has 0 saturated heterocycles. The van der Waals surface area contributed by atoms with Gasteiger partial charge in [0.25, 0.3) is 0 Å². The number of anilines is 2. The van der Waals surface area contributed by atoms with Gasteiger partial charge in [0.05, 0.1) is 33.8 Å². The molecule has 0 spiro atoms. The molecule has 5 N–H and O–H groups in total. The van der Waals surface area contributed by atoms with Gasteiger partial charge in [0.15, 0.2) is 6.04 Å². The SMILES string of the molecule is Cc1nc(N[C@@H](c2ccsc2)C(F)(F)F)nc(N[C@@H]2C[C@@H]3C(O)[C@]3(O)[C@H]2O)c1-c1nc2c(C)nccc2s1. The van der Waals surface area contributed by atoms with E-state index in [-0.39, 0.29) is 23.8 Å². The number of nitrogens with zero attached hydrogens (tertiary/aromatic N) is 4. The Bertz CT molecular complexity index is 1510. The van der Waals surface area contributed by atoms with E-state index < -0.39 is 42.0 Å². The molecular weight excluding hydrogens is 541 g/mol. The Morgan fingerprint density at radius 2 is 1.89 bits per heavy atom. The van der Waals surface area contributed by atoms with Gasteiger partial charge in [-0.2, -0.15) is 29.5 Å². The molecule has 2 aliphatic rings. The number of halogens is 3. The zero-order valence-electron chi connectivity index (χ0n) is 20.1. The Hall–Kier alpha value is -2.91. The van der Waals surface area contributed by atoms with E-state index in [1.54, 1.807) is 18.5 Å². The van der Waals surface area contributed by atoms with Crippen molar-refractivity contribution in [3.8, 4) is 10.6 Å². The molecule has 200 valence electrons. The number of fused-ring (bicyclic) bond motifs is 2. The summed E-state index contributed by atoms with van der Waals surface area (Å²) >= 11 is 2.51. The third kappa shape index (κ3) is 4.02. The van der Waals surface area contributed by atoms with Crippen molar-refractivity contribution in [1.29, 1.82) is 0 Å². The number of thiazole rings is 1. The molecule has 6 rings (SSSR count). The summed E-state index contributed by atoms with van der Waals surface area (Å²) in [5, 5.41) is 40.3. The summed E-state index contributed by atoms with van der Waals surface area (Å²) < 4.78 is 42.7. The van der Waals surface area contributed by atoms with E-state index in [0.29, 0.717) is 21.8 Å². The predicted molar refractivity (Wildman–Crippen MR) is 137 cm³/mol. The van der Waals surface area contributed by atoms with E-state index in [2.05, 4.69) is 25.6 Å². The first-order chi connectivity index (χ1) is 18.0. The monoisotopic (exact) mass is 564 g/mol. The van der Waals surface area contributed by atoms with E-state index in [9.17, 15) is 28.5 Å². The second-order valence-electron chi connectivity index (χ2n) is 9.66. The summed E-state index contributed by atoms with van der Waals surface area (Å²) in [6, 6.07) is 0.495. The number of rotatable bonds is 6. The van der Waals surface area contributed by atoms with Gasteiger partial charge in [-0.15, -0.1) is 11.3 Å². The van der Waals surface area contributed by atoms with Gasteiger partial charge in [0.2, 0.25) is 5.95 Å². The number of alkyl halides is 3. The molecule has 1 unspecified atom stereocenters. The summed E-state index contributed by atoms with van der Waals surface area (Å²) in [6.07, 6.45) is -4.99. The topological polar surface area (TPSA) is 136 Å². The van der Waals surface area contributed by atoms with Crippen LogP contribution in [0.15, 0.2) is 29.1 Å². The second kappa shape index (κ2) is 8.81. The maximum absolute atomic E-state index is 13.9. The molecule has 0 aliphatic heterocycles. The smallest absolute Gasteiger partial charge is 0.390 e. The Labute approximate surface area is 222 Å². The van der Waals surface area contributed by atoms with Crippen LogP contribution in [0.3, 0.4) is 0 Å². The minimum absolute atomic E-state index is 0.0407. The number of hydrogen-bond acceptors (Lipinski definition) is 11. The van der Waals surface area contributed by atoms with Crippen LogP contribution in [0.5, 0.6) is 0 Å². The molecule has 4 aromatic heterocycles. The lowest BCUT2D eigenvalue weighted by Crippen LogP contribution is -2.42. The van der Waals surface area contributed by atoms with Gasteiger partial charge in [0, 0.05) is 12.1 Å². The van der Waals surface area contributed by atoms with Crippen molar-refractivity contribution >= 4 is 44.7 Å². The fourth-order valence-corrected chi connectivity index (χ4v) is 7.00. The van der Waals surface area contributed by atoms with Crippen LogP contribution in [0, 0.1) is 19.8 Å². The maximum Gasteiger partial charge on any atom is 0.412 e.